The Hall–Kier alpha value is -1.72. The van der Waals surface area contributed by atoms with Gasteiger partial charge in [-0.25, -0.2) is 0 Å². The number of carbonyl (C=O) groups is 1. The Bertz CT molecular complexity index is 698. The number of carbonyl (C=O) groups excluding carboxylic acids is 1. The van der Waals surface area contributed by atoms with E-state index in [1.807, 2.05) is 24.5 Å². The summed E-state index contributed by atoms with van der Waals surface area (Å²) in [5.74, 6) is 0.116. The zero-order valence-electron chi connectivity index (χ0n) is 17.9. The summed E-state index contributed by atoms with van der Waals surface area (Å²) in [5, 5.41) is 6.58. The molecule has 28 heavy (non-hydrogen) atoms. The molecule has 1 aromatic heterocycles. The largest absolute Gasteiger partial charge is 0.358 e. The van der Waals surface area contributed by atoms with Gasteiger partial charge in [0.05, 0.1) is 6.04 Å². The van der Waals surface area contributed by atoms with Crippen LogP contribution in [-0.2, 0) is 11.3 Å². The Balaban J connectivity index is 1.58. The molecule has 0 spiro atoms. The third kappa shape index (κ3) is 5.00. The van der Waals surface area contributed by atoms with Crippen molar-refractivity contribution in [3.8, 4) is 0 Å². The fraction of sp³-hybridized carbons (Fsp3) is 0.652. The Morgan fingerprint density at radius 2 is 2.07 bits per heavy atom. The molecule has 2 aliphatic rings. The fourth-order valence-corrected chi connectivity index (χ4v) is 5.02. The molecule has 1 aliphatic heterocycles. The summed E-state index contributed by atoms with van der Waals surface area (Å²) in [6, 6.07) is 4.35. The lowest BCUT2D eigenvalue weighted by atomic mass is 9.71. The molecular formula is C23H36N4O. The summed E-state index contributed by atoms with van der Waals surface area (Å²) >= 11 is 0. The van der Waals surface area contributed by atoms with E-state index >= 15 is 0 Å². The van der Waals surface area contributed by atoms with E-state index in [1.165, 1.54) is 24.8 Å². The molecule has 2 atom stereocenters. The summed E-state index contributed by atoms with van der Waals surface area (Å²) in [6.45, 7) is 9.77. The van der Waals surface area contributed by atoms with Gasteiger partial charge in [0, 0.05) is 38.6 Å². The van der Waals surface area contributed by atoms with Crippen LogP contribution in [0.2, 0.25) is 0 Å². The topological polar surface area (TPSA) is 57.3 Å². The van der Waals surface area contributed by atoms with Gasteiger partial charge in [-0.1, -0.05) is 25.0 Å². The first-order valence-corrected chi connectivity index (χ1v) is 10.7. The van der Waals surface area contributed by atoms with E-state index < -0.39 is 0 Å². The molecule has 3 rings (SSSR count). The van der Waals surface area contributed by atoms with Crippen molar-refractivity contribution in [1.29, 1.82) is 0 Å². The molecule has 0 bridgehead atoms. The van der Waals surface area contributed by atoms with Gasteiger partial charge in [-0.2, -0.15) is 0 Å². The lowest BCUT2D eigenvalue weighted by Gasteiger charge is -2.35. The van der Waals surface area contributed by atoms with Gasteiger partial charge in [0.15, 0.2) is 0 Å². The number of hydrogen-bond donors (Lipinski definition) is 2. The van der Waals surface area contributed by atoms with E-state index in [-0.39, 0.29) is 11.9 Å². The maximum absolute atomic E-state index is 12.4. The highest BCUT2D eigenvalue weighted by Crippen LogP contribution is 2.41. The van der Waals surface area contributed by atoms with Gasteiger partial charge in [0.2, 0.25) is 5.91 Å². The summed E-state index contributed by atoms with van der Waals surface area (Å²) in [7, 11) is 1.73. The molecule has 5 nitrogen and oxygen atoms in total. The second-order valence-corrected chi connectivity index (χ2v) is 9.05. The van der Waals surface area contributed by atoms with Crippen molar-refractivity contribution >= 4 is 5.91 Å². The van der Waals surface area contributed by atoms with Crippen LogP contribution >= 0.6 is 0 Å². The molecule has 2 heterocycles. The molecule has 1 saturated heterocycles. The van der Waals surface area contributed by atoms with E-state index in [9.17, 15) is 4.79 Å². The minimum Gasteiger partial charge on any atom is -0.358 e. The van der Waals surface area contributed by atoms with Crippen LogP contribution < -0.4 is 10.6 Å². The Labute approximate surface area is 170 Å². The number of hydrogen-bond acceptors (Lipinski definition) is 4. The van der Waals surface area contributed by atoms with Gasteiger partial charge in [-0.15, -0.1) is 0 Å². The molecule has 0 radical (unpaired) electrons. The number of pyridine rings is 1. The zero-order chi connectivity index (χ0) is 20.1. The van der Waals surface area contributed by atoms with Crippen LogP contribution in [0.5, 0.6) is 0 Å². The van der Waals surface area contributed by atoms with Crippen molar-refractivity contribution in [2.75, 3.05) is 20.1 Å². The van der Waals surface area contributed by atoms with Crippen molar-refractivity contribution in [3.63, 3.8) is 0 Å². The van der Waals surface area contributed by atoms with Gasteiger partial charge in [-0.05, 0) is 68.7 Å². The number of likely N-dealkylation sites (tertiary alicyclic amines) is 1. The highest BCUT2D eigenvalue weighted by atomic mass is 16.2. The minimum atomic E-state index is -0.0669. The number of amides is 1. The predicted molar refractivity (Wildman–Crippen MR) is 114 cm³/mol. The number of allylic oxidation sites excluding steroid dienone is 1. The maximum atomic E-state index is 12.4. The van der Waals surface area contributed by atoms with Crippen LogP contribution in [0.3, 0.4) is 0 Å². The van der Waals surface area contributed by atoms with E-state index in [0.717, 1.165) is 32.5 Å². The van der Waals surface area contributed by atoms with E-state index in [1.54, 1.807) is 18.2 Å². The van der Waals surface area contributed by atoms with Crippen LogP contribution in [0.1, 0.15) is 58.4 Å². The van der Waals surface area contributed by atoms with Crippen LogP contribution in [0.4, 0.5) is 0 Å². The molecular weight excluding hydrogens is 348 g/mol. The van der Waals surface area contributed by atoms with Gasteiger partial charge in [-0.3, -0.25) is 14.7 Å². The first-order chi connectivity index (χ1) is 13.4. The lowest BCUT2D eigenvalue weighted by molar-refractivity contribution is -0.125. The molecule has 2 N–H and O–H groups in total. The number of nitrogens with zero attached hydrogens (tertiary/aromatic N) is 2. The maximum Gasteiger partial charge on any atom is 0.237 e. The van der Waals surface area contributed by atoms with E-state index in [0.29, 0.717) is 11.5 Å². The van der Waals surface area contributed by atoms with Crippen molar-refractivity contribution in [2.24, 2.45) is 5.41 Å². The molecule has 1 aromatic rings. The SMILES string of the molecule is CNC(=O)[C@@H]1C[C@@H](NCCC2=C(C)CCCC2(C)C)CN1Cc1ccncc1. The number of aromatic nitrogens is 1. The highest BCUT2D eigenvalue weighted by Gasteiger charge is 2.36. The van der Waals surface area contributed by atoms with Crippen molar-refractivity contribution < 1.29 is 4.79 Å². The predicted octanol–water partition coefficient (Wildman–Crippen LogP) is 3.28. The average molecular weight is 385 g/mol. The van der Waals surface area contributed by atoms with Gasteiger partial charge in [0.25, 0.3) is 0 Å². The second-order valence-electron chi connectivity index (χ2n) is 9.05. The van der Waals surface area contributed by atoms with Crippen LogP contribution in [0.15, 0.2) is 35.7 Å². The standard InChI is InChI=1S/C23H36N4O/c1-17-6-5-10-23(2,3)20(17)9-13-26-19-14-21(22(28)24-4)27(16-19)15-18-7-11-25-12-8-18/h7-8,11-12,19,21,26H,5-6,9-10,13-16H2,1-4H3,(H,24,28)/t19-,21+/m1/s1. The van der Waals surface area contributed by atoms with Gasteiger partial charge >= 0.3 is 0 Å². The van der Waals surface area contributed by atoms with Crippen molar-refractivity contribution in [1.82, 2.24) is 20.5 Å². The lowest BCUT2D eigenvalue weighted by Crippen LogP contribution is -2.41. The second kappa shape index (κ2) is 9.19. The molecule has 1 amide bonds. The normalized spacial score (nSPS) is 25.1. The quantitative estimate of drug-likeness (QED) is 0.709. The molecule has 0 unspecified atom stereocenters. The molecule has 154 valence electrons. The minimum absolute atomic E-state index is 0.0669. The molecule has 0 saturated carbocycles. The molecule has 1 aliphatic carbocycles. The molecule has 5 heteroatoms. The molecule has 0 aromatic carbocycles. The highest BCUT2D eigenvalue weighted by molar-refractivity contribution is 5.81. The zero-order valence-corrected chi connectivity index (χ0v) is 17.9. The number of rotatable bonds is 7. The summed E-state index contributed by atoms with van der Waals surface area (Å²) in [5.41, 5.74) is 4.76. The van der Waals surface area contributed by atoms with Crippen LogP contribution in [0, 0.1) is 5.41 Å². The summed E-state index contributed by atoms with van der Waals surface area (Å²) in [6.07, 6.45) is 9.48. The number of likely N-dealkylation sites (N-methyl/N-ethyl adjacent to an activating group) is 1. The van der Waals surface area contributed by atoms with Crippen LogP contribution in [0.25, 0.3) is 0 Å². The first kappa shape index (κ1) is 21.0. The van der Waals surface area contributed by atoms with E-state index in [2.05, 4.69) is 41.3 Å². The molecule has 1 fully saturated rings. The Morgan fingerprint density at radius 3 is 2.75 bits per heavy atom. The third-order valence-electron chi connectivity index (χ3n) is 6.58. The first-order valence-electron chi connectivity index (χ1n) is 10.7. The summed E-state index contributed by atoms with van der Waals surface area (Å²) in [4.78, 5) is 18.8. The Morgan fingerprint density at radius 1 is 1.32 bits per heavy atom. The number of nitrogens with one attached hydrogen (secondary N) is 2. The third-order valence-corrected chi connectivity index (χ3v) is 6.58. The van der Waals surface area contributed by atoms with Crippen molar-refractivity contribution in [3.05, 3.63) is 41.2 Å². The van der Waals surface area contributed by atoms with Gasteiger partial charge < -0.3 is 10.6 Å². The van der Waals surface area contributed by atoms with Crippen molar-refractivity contribution in [2.45, 2.75) is 71.5 Å². The monoisotopic (exact) mass is 384 g/mol. The fourth-order valence-electron chi connectivity index (χ4n) is 5.02. The summed E-state index contributed by atoms with van der Waals surface area (Å²) < 4.78 is 0. The van der Waals surface area contributed by atoms with E-state index in [4.69, 9.17) is 0 Å². The van der Waals surface area contributed by atoms with Crippen LogP contribution in [-0.4, -0.2) is 48.0 Å². The van der Waals surface area contributed by atoms with Gasteiger partial charge in [0.1, 0.15) is 0 Å². The smallest absolute Gasteiger partial charge is 0.237 e. The Kier molecular flexibility index (Phi) is 6.89. The average Bonchev–Trinajstić information content (AvgIpc) is 3.06.